The molecule has 0 saturated carbocycles. The van der Waals surface area contributed by atoms with Crippen LogP contribution in [0.1, 0.15) is 82.1 Å². The number of hydrogen-bond donors (Lipinski definition) is 5. The third-order valence-corrected chi connectivity index (χ3v) is 7.97. The summed E-state index contributed by atoms with van der Waals surface area (Å²) in [6.45, 7) is 19.1. The van der Waals surface area contributed by atoms with Gasteiger partial charge in [0.2, 0.25) is 0 Å². The van der Waals surface area contributed by atoms with Gasteiger partial charge in [-0.3, -0.25) is 0 Å². The molecule has 0 aromatic carbocycles. The van der Waals surface area contributed by atoms with Crippen molar-refractivity contribution in [3.8, 4) is 0 Å². The minimum Gasteiger partial charge on any atom is -0.394 e. The molecule has 1 aliphatic rings. The molecule has 7 nitrogen and oxygen atoms in total. The smallest absolute Gasteiger partial charge is 0.187 e. The lowest BCUT2D eigenvalue weighted by atomic mass is 9.98. The predicted molar refractivity (Wildman–Crippen MR) is 221 cm³/mol. The SMILES string of the molecule is CC(C=CC=C(C)C=CC=C(C)C=CCC(C)(C)O)=CC=CC=C(C)C=CC=C(C)C=CC=C(C)C=CCC(C)(C)OC1OC(CO)C(O)C(O)C1O. The van der Waals surface area contributed by atoms with Gasteiger partial charge in [-0.05, 0) is 82.1 Å². The van der Waals surface area contributed by atoms with Crippen LogP contribution >= 0.6 is 0 Å². The molecule has 5 atom stereocenters. The van der Waals surface area contributed by atoms with Crippen molar-refractivity contribution in [2.75, 3.05) is 6.61 Å². The van der Waals surface area contributed by atoms with E-state index in [-0.39, 0.29) is 0 Å². The first kappa shape index (κ1) is 47.4. The molecule has 1 saturated heterocycles. The molecule has 0 bridgehead atoms. The van der Waals surface area contributed by atoms with E-state index >= 15 is 0 Å². The Labute approximate surface area is 319 Å². The summed E-state index contributed by atoms with van der Waals surface area (Å²) in [4.78, 5) is 0. The van der Waals surface area contributed by atoms with Crippen molar-refractivity contribution in [2.24, 2.45) is 0 Å². The van der Waals surface area contributed by atoms with Crippen molar-refractivity contribution in [1.82, 2.24) is 0 Å². The molecule has 0 spiro atoms. The molecular formula is C46H66O7. The van der Waals surface area contributed by atoms with Gasteiger partial charge >= 0.3 is 0 Å². The third-order valence-electron chi connectivity index (χ3n) is 7.97. The van der Waals surface area contributed by atoms with Gasteiger partial charge < -0.3 is 35.0 Å². The summed E-state index contributed by atoms with van der Waals surface area (Å²) >= 11 is 0. The van der Waals surface area contributed by atoms with Crippen LogP contribution < -0.4 is 0 Å². The van der Waals surface area contributed by atoms with Crippen LogP contribution in [-0.2, 0) is 9.47 Å². The third kappa shape index (κ3) is 22.2. The second kappa shape index (κ2) is 24.6. The van der Waals surface area contributed by atoms with E-state index in [0.29, 0.717) is 12.8 Å². The van der Waals surface area contributed by atoms with Crippen molar-refractivity contribution in [3.05, 3.63) is 155 Å². The lowest BCUT2D eigenvalue weighted by Crippen LogP contribution is -2.60. The maximum atomic E-state index is 10.3. The van der Waals surface area contributed by atoms with Gasteiger partial charge in [-0.15, -0.1) is 0 Å². The highest BCUT2D eigenvalue weighted by atomic mass is 16.7. The fourth-order valence-corrected chi connectivity index (χ4v) is 4.74. The predicted octanol–water partition coefficient (Wildman–Crippen LogP) is 8.70. The molecule has 0 aliphatic carbocycles. The molecule has 1 fully saturated rings. The number of rotatable bonds is 19. The molecular weight excluding hydrogens is 664 g/mol. The second-order valence-electron chi connectivity index (χ2n) is 14.9. The van der Waals surface area contributed by atoms with Crippen molar-refractivity contribution in [3.63, 3.8) is 0 Å². The number of allylic oxidation sites excluding steroid dienone is 24. The Morgan fingerprint density at radius 1 is 0.528 bits per heavy atom. The van der Waals surface area contributed by atoms with Gasteiger partial charge in [0.1, 0.15) is 24.4 Å². The molecule has 53 heavy (non-hydrogen) atoms. The van der Waals surface area contributed by atoms with Crippen LogP contribution in [0.4, 0.5) is 0 Å². The van der Waals surface area contributed by atoms with E-state index in [4.69, 9.17) is 9.47 Å². The summed E-state index contributed by atoms with van der Waals surface area (Å²) in [6, 6.07) is 0. The topological polar surface area (TPSA) is 120 Å². The normalized spacial score (nSPS) is 24.3. The largest absolute Gasteiger partial charge is 0.394 e. The van der Waals surface area contributed by atoms with Gasteiger partial charge in [0.05, 0.1) is 17.8 Å². The van der Waals surface area contributed by atoms with E-state index in [9.17, 15) is 25.5 Å². The average molecular weight is 731 g/mol. The van der Waals surface area contributed by atoms with E-state index < -0.39 is 48.5 Å². The fourth-order valence-electron chi connectivity index (χ4n) is 4.74. The molecule has 0 amide bonds. The van der Waals surface area contributed by atoms with E-state index in [2.05, 4.69) is 75.5 Å². The van der Waals surface area contributed by atoms with Gasteiger partial charge in [0, 0.05) is 0 Å². The van der Waals surface area contributed by atoms with E-state index in [1.807, 2.05) is 101 Å². The van der Waals surface area contributed by atoms with Crippen LogP contribution in [0.5, 0.6) is 0 Å². The van der Waals surface area contributed by atoms with Crippen LogP contribution in [0.25, 0.3) is 0 Å². The fraction of sp³-hybridized carbons (Fsp3) is 0.435. The highest BCUT2D eigenvalue weighted by molar-refractivity contribution is 5.33. The Hall–Kier alpha value is -3.66. The van der Waals surface area contributed by atoms with Crippen LogP contribution in [0.15, 0.2) is 155 Å². The van der Waals surface area contributed by atoms with Gasteiger partial charge in [0.25, 0.3) is 0 Å². The molecule has 292 valence electrons. The summed E-state index contributed by atoms with van der Waals surface area (Å²) in [5.41, 5.74) is 5.32. The minimum absolute atomic E-state index is 0.497. The average Bonchev–Trinajstić information content (AvgIpc) is 3.06. The molecule has 0 radical (unpaired) electrons. The van der Waals surface area contributed by atoms with Crippen molar-refractivity contribution >= 4 is 0 Å². The summed E-state index contributed by atoms with van der Waals surface area (Å²) < 4.78 is 11.4. The van der Waals surface area contributed by atoms with Crippen LogP contribution in [0.2, 0.25) is 0 Å². The standard InChI is InChI=1S/C46H66O7/c1-34(21-13-23-36(3)25-15-27-38(5)29-17-31-45(7,8)51)19-11-12-20-35(2)22-14-24-37(4)26-16-28-39(6)30-18-32-46(9,10)53-44-43(50)42(49)41(48)40(33-47)52-44/h11-30,40-44,47-51H,31-33H2,1-10H3. The highest BCUT2D eigenvalue weighted by Crippen LogP contribution is 2.27. The minimum atomic E-state index is -1.47. The molecule has 5 N–H and O–H groups in total. The highest BCUT2D eigenvalue weighted by Gasteiger charge is 2.45. The maximum absolute atomic E-state index is 10.3. The van der Waals surface area contributed by atoms with Crippen LogP contribution in [-0.4, -0.2) is 74.0 Å². The Morgan fingerprint density at radius 3 is 1.26 bits per heavy atom. The van der Waals surface area contributed by atoms with Crippen LogP contribution in [0.3, 0.4) is 0 Å². The number of aliphatic hydroxyl groups is 5. The zero-order valence-electron chi connectivity index (χ0n) is 33.6. The Balaban J connectivity index is 2.57. The second-order valence-corrected chi connectivity index (χ2v) is 14.9. The first-order valence-electron chi connectivity index (χ1n) is 18.3. The lowest BCUT2D eigenvalue weighted by molar-refractivity contribution is -0.322. The number of ether oxygens (including phenoxy) is 2. The molecule has 1 aliphatic heterocycles. The van der Waals surface area contributed by atoms with Gasteiger partial charge in [-0.2, -0.15) is 0 Å². The van der Waals surface area contributed by atoms with Crippen molar-refractivity contribution < 1.29 is 35.0 Å². The zero-order valence-corrected chi connectivity index (χ0v) is 33.6. The molecule has 0 aromatic rings. The van der Waals surface area contributed by atoms with Gasteiger partial charge in [-0.1, -0.05) is 155 Å². The quantitative estimate of drug-likeness (QED) is 0.0844. The van der Waals surface area contributed by atoms with E-state index in [0.717, 1.165) is 33.4 Å². The van der Waals surface area contributed by atoms with Gasteiger partial charge in [0.15, 0.2) is 6.29 Å². The number of aliphatic hydroxyl groups excluding tert-OH is 4. The molecule has 5 unspecified atom stereocenters. The Bertz CT molecular complexity index is 1520. The molecule has 0 aromatic heterocycles. The molecule has 7 heteroatoms. The summed E-state index contributed by atoms with van der Waals surface area (Å²) in [6.07, 6.45) is 35.4. The summed E-state index contributed by atoms with van der Waals surface area (Å²) in [7, 11) is 0. The van der Waals surface area contributed by atoms with Crippen LogP contribution in [0, 0.1) is 0 Å². The molecule has 1 heterocycles. The van der Waals surface area contributed by atoms with Crippen molar-refractivity contribution in [1.29, 1.82) is 0 Å². The maximum Gasteiger partial charge on any atom is 0.187 e. The first-order valence-corrected chi connectivity index (χ1v) is 18.3. The Morgan fingerprint density at radius 2 is 0.887 bits per heavy atom. The van der Waals surface area contributed by atoms with E-state index in [1.54, 1.807) is 13.8 Å². The summed E-state index contributed by atoms with van der Waals surface area (Å²) in [5, 5.41) is 49.4. The van der Waals surface area contributed by atoms with E-state index in [1.165, 1.54) is 0 Å². The van der Waals surface area contributed by atoms with Gasteiger partial charge in [-0.25, -0.2) is 0 Å². The number of hydrogen-bond acceptors (Lipinski definition) is 7. The first-order chi connectivity index (χ1) is 24.8. The lowest BCUT2D eigenvalue weighted by Gasteiger charge is -2.42. The van der Waals surface area contributed by atoms with Crippen molar-refractivity contribution in [2.45, 2.75) is 124 Å². The monoisotopic (exact) mass is 730 g/mol. The molecule has 1 rings (SSSR count). The Kier molecular flexibility index (Phi) is 22.0. The zero-order chi connectivity index (χ0) is 40.0. The summed E-state index contributed by atoms with van der Waals surface area (Å²) in [5.74, 6) is 0.